The molecule has 2 fully saturated rings. The van der Waals surface area contributed by atoms with Gasteiger partial charge in [-0.3, -0.25) is 9.59 Å². The molecule has 2 aromatic rings. The summed E-state index contributed by atoms with van der Waals surface area (Å²) in [5.41, 5.74) is 2.78. The molecule has 0 saturated carbocycles. The monoisotopic (exact) mass is 554 g/mol. The van der Waals surface area contributed by atoms with Crippen LogP contribution >= 0.6 is 0 Å². The number of carbonyl (C=O) groups is 2. The third-order valence-electron chi connectivity index (χ3n) is 8.27. The fraction of sp³-hybridized carbons (Fsp3) is 0.548. The van der Waals surface area contributed by atoms with Crippen LogP contribution in [-0.4, -0.2) is 62.1 Å². The van der Waals surface area contributed by atoms with Crippen LogP contribution in [0.5, 0.6) is 0 Å². The van der Waals surface area contributed by atoms with Gasteiger partial charge in [0.1, 0.15) is 0 Å². The Morgan fingerprint density at radius 3 is 2.54 bits per heavy atom. The van der Waals surface area contributed by atoms with Crippen molar-refractivity contribution in [1.29, 1.82) is 0 Å². The molecule has 0 radical (unpaired) electrons. The zero-order valence-electron chi connectivity index (χ0n) is 23.5. The molecular formula is C31H43FN2O4Si. The highest BCUT2D eigenvalue weighted by molar-refractivity contribution is 6.72. The normalized spacial score (nSPS) is 23.7. The third-order valence-corrected chi connectivity index (χ3v) is 10.8. The van der Waals surface area contributed by atoms with E-state index in [-0.39, 0.29) is 48.9 Å². The lowest BCUT2D eigenvalue weighted by molar-refractivity contribution is -0.135. The number of hydrogen-bond acceptors (Lipinski definition) is 4. The Morgan fingerprint density at radius 2 is 1.85 bits per heavy atom. The Balaban J connectivity index is 1.42. The zero-order chi connectivity index (χ0) is 28.0. The predicted octanol–water partition coefficient (Wildman–Crippen LogP) is 5.50. The summed E-state index contributed by atoms with van der Waals surface area (Å²) in [5.74, 6) is 0.0637. The number of carbonyl (C=O) groups excluding carboxylic acids is 2. The number of halogens is 1. The Morgan fingerprint density at radius 1 is 1.10 bits per heavy atom. The standard InChI is InChI=1S/C31H43FN2O4Si/c1-23-27(16-15-24-12-9-13-26(20-24)34-17-8-7-14-29(34)36)38-28(31(23)39(2,3)32)21-30(37)33(18-19-35)22-25-10-5-4-6-11-25/h4-6,9-13,20,23,27-28,31,35H,7-8,14-19,21-22H2,1-3H3/t23-,27+,28-,31+/m1/s1. The smallest absolute Gasteiger partial charge is 0.246 e. The molecule has 6 nitrogen and oxygen atoms in total. The van der Waals surface area contributed by atoms with Gasteiger partial charge in [0.2, 0.25) is 20.2 Å². The minimum Gasteiger partial charge on any atom is -0.395 e. The molecule has 2 aliphatic heterocycles. The molecule has 2 heterocycles. The molecule has 0 bridgehead atoms. The highest BCUT2D eigenvalue weighted by Crippen LogP contribution is 2.47. The first kappa shape index (κ1) is 29.4. The molecule has 0 aromatic heterocycles. The van der Waals surface area contributed by atoms with Crippen LogP contribution in [0, 0.1) is 5.92 Å². The fourth-order valence-electron chi connectivity index (χ4n) is 6.36. The molecule has 2 saturated heterocycles. The molecule has 4 rings (SSSR count). The lowest BCUT2D eigenvalue weighted by atomic mass is 9.94. The van der Waals surface area contributed by atoms with Crippen LogP contribution in [0.25, 0.3) is 0 Å². The van der Waals surface area contributed by atoms with E-state index in [0.717, 1.165) is 49.0 Å². The van der Waals surface area contributed by atoms with Gasteiger partial charge in [0.15, 0.2) is 0 Å². The van der Waals surface area contributed by atoms with E-state index in [0.29, 0.717) is 13.0 Å². The molecule has 0 spiro atoms. The number of nitrogens with zero attached hydrogens (tertiary/aromatic N) is 2. The Kier molecular flexibility index (Phi) is 9.96. The number of aliphatic hydroxyl groups is 1. The quantitative estimate of drug-likeness (QED) is 0.294. The van der Waals surface area contributed by atoms with E-state index >= 15 is 4.11 Å². The van der Waals surface area contributed by atoms with Crippen molar-refractivity contribution in [3.8, 4) is 0 Å². The number of aryl methyl sites for hydroxylation is 1. The number of ether oxygens (including phenoxy) is 1. The summed E-state index contributed by atoms with van der Waals surface area (Å²) in [5, 5.41) is 9.59. The average Bonchev–Trinajstić information content (AvgIpc) is 3.23. The lowest BCUT2D eigenvalue weighted by Crippen LogP contribution is -2.40. The summed E-state index contributed by atoms with van der Waals surface area (Å²) in [6.45, 7) is 6.76. The van der Waals surface area contributed by atoms with Gasteiger partial charge in [-0.25, -0.2) is 0 Å². The van der Waals surface area contributed by atoms with Crippen molar-refractivity contribution in [2.24, 2.45) is 5.92 Å². The highest BCUT2D eigenvalue weighted by atomic mass is 28.4. The minimum atomic E-state index is -3.12. The average molecular weight is 555 g/mol. The first-order valence-corrected chi connectivity index (χ1v) is 17.3. The number of aliphatic hydroxyl groups excluding tert-OH is 1. The van der Waals surface area contributed by atoms with Crippen molar-refractivity contribution >= 4 is 25.9 Å². The molecule has 1 N–H and O–H groups in total. The van der Waals surface area contributed by atoms with Crippen molar-refractivity contribution in [2.45, 2.75) is 82.8 Å². The van der Waals surface area contributed by atoms with Gasteiger partial charge in [-0.1, -0.05) is 49.4 Å². The summed E-state index contributed by atoms with van der Waals surface area (Å²) in [6.07, 6.45) is 3.57. The van der Waals surface area contributed by atoms with Gasteiger partial charge in [0.25, 0.3) is 0 Å². The minimum absolute atomic E-state index is 0.00161. The molecule has 2 aromatic carbocycles. The largest absolute Gasteiger partial charge is 0.395 e. The number of benzene rings is 2. The van der Waals surface area contributed by atoms with Crippen LogP contribution in [0.15, 0.2) is 54.6 Å². The molecule has 2 aliphatic rings. The van der Waals surface area contributed by atoms with Crippen molar-refractivity contribution in [3.05, 3.63) is 65.7 Å². The third kappa shape index (κ3) is 7.56. The van der Waals surface area contributed by atoms with Crippen LogP contribution in [0.1, 0.15) is 50.2 Å². The lowest BCUT2D eigenvalue weighted by Gasteiger charge is -2.30. The predicted molar refractivity (Wildman–Crippen MR) is 155 cm³/mol. The topological polar surface area (TPSA) is 70.1 Å². The summed E-state index contributed by atoms with van der Waals surface area (Å²) in [6, 6.07) is 17.8. The molecule has 39 heavy (non-hydrogen) atoms. The number of piperidine rings is 1. The molecular weight excluding hydrogens is 511 g/mol. The molecule has 8 heteroatoms. The summed E-state index contributed by atoms with van der Waals surface area (Å²) >= 11 is 0. The Labute approximate surface area is 233 Å². The van der Waals surface area contributed by atoms with Crippen LogP contribution in [0.3, 0.4) is 0 Å². The number of hydrogen-bond donors (Lipinski definition) is 1. The molecule has 4 atom stereocenters. The van der Waals surface area contributed by atoms with E-state index in [1.165, 1.54) is 0 Å². The SMILES string of the molecule is C[C@H]1[C@H]([Si](C)(C)F)[C@@H](CC(=O)N(CCO)Cc2ccccc2)O[C@H]1CCc1cccc(N2CCCCC2=O)c1. The molecule has 2 amide bonds. The number of amides is 2. The van der Waals surface area contributed by atoms with Gasteiger partial charge in [-0.15, -0.1) is 0 Å². The molecule has 0 aliphatic carbocycles. The molecule has 212 valence electrons. The fourth-order valence-corrected chi connectivity index (χ4v) is 8.91. The maximum absolute atomic E-state index is 15.6. The second kappa shape index (κ2) is 13.2. The van der Waals surface area contributed by atoms with E-state index in [1.54, 1.807) is 18.0 Å². The zero-order valence-corrected chi connectivity index (χ0v) is 24.5. The summed E-state index contributed by atoms with van der Waals surface area (Å²) in [7, 11) is -3.12. The van der Waals surface area contributed by atoms with E-state index in [2.05, 4.69) is 19.1 Å². The number of rotatable bonds is 11. The van der Waals surface area contributed by atoms with Crippen LogP contribution in [0.2, 0.25) is 18.6 Å². The van der Waals surface area contributed by atoms with E-state index < -0.39 is 14.5 Å². The van der Waals surface area contributed by atoms with Gasteiger partial charge in [-0.05, 0) is 68.0 Å². The van der Waals surface area contributed by atoms with E-state index in [9.17, 15) is 14.7 Å². The van der Waals surface area contributed by atoms with Crippen LogP contribution in [0.4, 0.5) is 9.80 Å². The van der Waals surface area contributed by atoms with Gasteiger partial charge < -0.3 is 23.8 Å². The van der Waals surface area contributed by atoms with Crippen molar-refractivity contribution in [1.82, 2.24) is 4.90 Å². The molecule has 0 unspecified atom stereocenters. The number of anilines is 1. The van der Waals surface area contributed by atoms with Crippen LogP contribution in [-0.2, 0) is 27.3 Å². The maximum Gasteiger partial charge on any atom is 0.246 e. The first-order chi connectivity index (χ1) is 18.7. The van der Waals surface area contributed by atoms with E-state index in [4.69, 9.17) is 4.74 Å². The Hall–Kier alpha value is -2.55. The van der Waals surface area contributed by atoms with Crippen molar-refractivity contribution in [2.75, 3.05) is 24.6 Å². The maximum atomic E-state index is 15.6. The van der Waals surface area contributed by atoms with Gasteiger partial charge in [0.05, 0.1) is 25.2 Å². The van der Waals surface area contributed by atoms with Gasteiger partial charge >= 0.3 is 0 Å². The second-order valence-electron chi connectivity index (χ2n) is 11.6. The first-order valence-electron chi connectivity index (χ1n) is 14.3. The highest BCUT2D eigenvalue weighted by Gasteiger charge is 2.51. The Bertz CT molecular complexity index is 1110. The van der Waals surface area contributed by atoms with Crippen molar-refractivity contribution < 1.29 is 23.5 Å². The second-order valence-corrected chi connectivity index (χ2v) is 15.4. The van der Waals surface area contributed by atoms with Crippen molar-refractivity contribution in [3.63, 3.8) is 0 Å². The van der Waals surface area contributed by atoms with Gasteiger partial charge in [0, 0.05) is 37.3 Å². The van der Waals surface area contributed by atoms with Crippen LogP contribution < -0.4 is 4.90 Å². The summed E-state index contributed by atoms with van der Waals surface area (Å²) < 4.78 is 22.1. The van der Waals surface area contributed by atoms with E-state index in [1.807, 2.05) is 47.4 Å². The summed E-state index contributed by atoms with van der Waals surface area (Å²) in [4.78, 5) is 29.3. The van der Waals surface area contributed by atoms with Gasteiger partial charge in [-0.2, -0.15) is 0 Å².